The highest BCUT2D eigenvalue weighted by molar-refractivity contribution is 5.85. The number of halogens is 1. The molecule has 2 unspecified atom stereocenters. The molecular formula is C22H30ClN3O2. The molecule has 1 aliphatic rings. The van der Waals surface area contributed by atoms with E-state index in [-0.39, 0.29) is 42.4 Å². The van der Waals surface area contributed by atoms with Crippen molar-refractivity contribution >= 4 is 18.3 Å². The number of hydrogen-bond acceptors (Lipinski definition) is 4. The normalized spacial score (nSPS) is 21.4. The third-order valence-corrected chi connectivity index (χ3v) is 5.51. The Hall–Kier alpha value is -2.08. The van der Waals surface area contributed by atoms with Gasteiger partial charge in [0.25, 0.3) is 0 Å². The molecule has 6 heteroatoms. The number of amides is 1. The number of rotatable bonds is 6. The van der Waals surface area contributed by atoms with Crippen LogP contribution in [0.4, 0.5) is 0 Å². The first-order valence-electron chi connectivity index (χ1n) is 9.49. The van der Waals surface area contributed by atoms with E-state index in [1.807, 2.05) is 56.3 Å². The number of nitrogens with one attached hydrogen (secondary N) is 1. The van der Waals surface area contributed by atoms with E-state index >= 15 is 0 Å². The van der Waals surface area contributed by atoms with Gasteiger partial charge in [0, 0.05) is 30.6 Å². The number of likely N-dealkylation sites (tertiary alicyclic amines) is 1. The maximum atomic E-state index is 12.8. The van der Waals surface area contributed by atoms with Crippen molar-refractivity contribution in [2.45, 2.75) is 37.9 Å². The lowest BCUT2D eigenvalue weighted by Gasteiger charge is -2.26. The summed E-state index contributed by atoms with van der Waals surface area (Å²) >= 11 is 0. The van der Waals surface area contributed by atoms with Crippen LogP contribution in [0.5, 0.6) is 5.75 Å². The average Bonchev–Trinajstić information content (AvgIpc) is 3.09. The number of carbonyl (C=O) groups is 1. The summed E-state index contributed by atoms with van der Waals surface area (Å²) in [5.41, 5.74) is 8.59. The zero-order chi connectivity index (χ0) is 19.4. The van der Waals surface area contributed by atoms with Crippen molar-refractivity contribution in [2.24, 2.45) is 5.73 Å². The van der Waals surface area contributed by atoms with Crippen molar-refractivity contribution in [2.75, 3.05) is 20.2 Å². The summed E-state index contributed by atoms with van der Waals surface area (Å²) in [5, 5.41) is 3.12. The van der Waals surface area contributed by atoms with Crippen LogP contribution in [0.3, 0.4) is 0 Å². The van der Waals surface area contributed by atoms with Crippen molar-refractivity contribution < 1.29 is 9.53 Å². The van der Waals surface area contributed by atoms with Crippen LogP contribution in [-0.2, 0) is 4.79 Å². The number of nitrogens with zero attached hydrogens (tertiary/aromatic N) is 1. The summed E-state index contributed by atoms with van der Waals surface area (Å²) in [5.74, 6) is 1.05. The Morgan fingerprint density at radius 3 is 2.43 bits per heavy atom. The minimum Gasteiger partial charge on any atom is -0.496 e. The highest BCUT2D eigenvalue weighted by Crippen LogP contribution is 2.28. The zero-order valence-corrected chi connectivity index (χ0v) is 17.5. The molecule has 2 aromatic carbocycles. The van der Waals surface area contributed by atoms with Gasteiger partial charge in [0.15, 0.2) is 0 Å². The minimum atomic E-state index is -0.234. The Morgan fingerprint density at radius 1 is 1.11 bits per heavy atom. The van der Waals surface area contributed by atoms with E-state index < -0.39 is 0 Å². The van der Waals surface area contributed by atoms with Crippen LogP contribution < -0.4 is 15.8 Å². The van der Waals surface area contributed by atoms with Gasteiger partial charge in [-0.25, -0.2) is 0 Å². The van der Waals surface area contributed by atoms with Crippen molar-refractivity contribution in [3.05, 3.63) is 65.7 Å². The standard InChI is InChI=1S/C22H29N3O2.ClH/c1-15(18-11-7-8-12-21(18)27-3)24-22(26)16(2)25-13-19(20(23)14-25)17-9-5-4-6-10-17;/h4-12,15-16,19-20H,13-14,23H2,1-3H3,(H,24,26);1H/t15?,16?,19-,20+;/m0./s1. The van der Waals surface area contributed by atoms with Crippen LogP contribution >= 0.6 is 12.4 Å². The predicted octanol–water partition coefficient (Wildman–Crippen LogP) is 3.11. The second-order valence-electron chi connectivity index (χ2n) is 7.28. The number of nitrogens with two attached hydrogens (primary N) is 1. The van der Waals surface area contributed by atoms with Crippen molar-refractivity contribution in [1.82, 2.24) is 10.2 Å². The smallest absolute Gasteiger partial charge is 0.237 e. The van der Waals surface area contributed by atoms with E-state index in [1.165, 1.54) is 5.56 Å². The molecule has 0 spiro atoms. The van der Waals surface area contributed by atoms with Crippen LogP contribution in [0.2, 0.25) is 0 Å². The molecule has 4 atom stereocenters. The van der Waals surface area contributed by atoms with E-state index in [9.17, 15) is 4.79 Å². The molecular weight excluding hydrogens is 374 g/mol. The maximum absolute atomic E-state index is 12.8. The van der Waals surface area contributed by atoms with Gasteiger partial charge in [0.1, 0.15) is 5.75 Å². The lowest BCUT2D eigenvalue weighted by molar-refractivity contribution is -0.126. The average molecular weight is 404 g/mol. The Labute approximate surface area is 173 Å². The molecule has 152 valence electrons. The number of methoxy groups -OCH3 is 1. The Morgan fingerprint density at radius 2 is 1.75 bits per heavy atom. The number of carbonyl (C=O) groups excluding carboxylic acids is 1. The van der Waals surface area contributed by atoms with Gasteiger partial charge in [0.05, 0.1) is 19.2 Å². The van der Waals surface area contributed by atoms with Gasteiger partial charge >= 0.3 is 0 Å². The zero-order valence-electron chi connectivity index (χ0n) is 16.7. The molecule has 1 amide bonds. The fraction of sp³-hybridized carbons (Fsp3) is 0.409. The molecule has 0 saturated carbocycles. The quantitative estimate of drug-likeness (QED) is 0.777. The van der Waals surface area contributed by atoms with Gasteiger partial charge in [-0.3, -0.25) is 9.69 Å². The fourth-order valence-corrected chi connectivity index (χ4v) is 3.83. The summed E-state index contributed by atoms with van der Waals surface area (Å²) < 4.78 is 5.41. The minimum absolute atomic E-state index is 0. The van der Waals surface area contributed by atoms with Gasteiger partial charge in [-0.1, -0.05) is 48.5 Å². The molecule has 0 bridgehead atoms. The Kier molecular flexibility index (Phi) is 7.87. The monoisotopic (exact) mass is 403 g/mol. The maximum Gasteiger partial charge on any atom is 0.237 e. The first-order chi connectivity index (χ1) is 13.0. The molecule has 0 aromatic heterocycles. The van der Waals surface area contributed by atoms with Gasteiger partial charge < -0.3 is 15.8 Å². The van der Waals surface area contributed by atoms with E-state index in [0.717, 1.165) is 24.4 Å². The summed E-state index contributed by atoms with van der Waals surface area (Å²) in [6, 6.07) is 17.8. The van der Waals surface area contributed by atoms with Crippen LogP contribution in [-0.4, -0.2) is 43.1 Å². The van der Waals surface area contributed by atoms with Gasteiger partial charge in [-0.05, 0) is 25.5 Å². The van der Waals surface area contributed by atoms with Gasteiger partial charge in [-0.15, -0.1) is 12.4 Å². The van der Waals surface area contributed by atoms with Crippen molar-refractivity contribution in [1.29, 1.82) is 0 Å². The molecule has 1 saturated heterocycles. The summed E-state index contributed by atoms with van der Waals surface area (Å²) in [6.45, 7) is 5.44. The summed E-state index contributed by atoms with van der Waals surface area (Å²) in [7, 11) is 1.64. The molecule has 2 aromatic rings. The number of para-hydroxylation sites is 1. The third-order valence-electron chi connectivity index (χ3n) is 5.51. The number of ether oxygens (including phenoxy) is 1. The first-order valence-corrected chi connectivity index (χ1v) is 9.49. The third kappa shape index (κ3) is 4.85. The molecule has 1 heterocycles. The molecule has 5 nitrogen and oxygen atoms in total. The molecule has 1 fully saturated rings. The molecule has 28 heavy (non-hydrogen) atoms. The lowest BCUT2D eigenvalue weighted by Crippen LogP contribution is -2.45. The van der Waals surface area contributed by atoms with E-state index in [0.29, 0.717) is 0 Å². The summed E-state index contributed by atoms with van der Waals surface area (Å²) in [6.07, 6.45) is 0. The SMILES string of the molecule is COc1ccccc1C(C)NC(=O)C(C)N1C[C@@H](N)[C@H](c2ccccc2)C1.Cl. The fourth-order valence-electron chi connectivity index (χ4n) is 3.83. The van der Waals surface area contributed by atoms with Crippen molar-refractivity contribution in [3.8, 4) is 5.75 Å². The molecule has 3 rings (SSSR count). The number of benzene rings is 2. The second-order valence-corrected chi connectivity index (χ2v) is 7.28. The topological polar surface area (TPSA) is 67.6 Å². The second kappa shape index (κ2) is 9.92. The number of hydrogen-bond donors (Lipinski definition) is 2. The molecule has 0 aliphatic carbocycles. The highest BCUT2D eigenvalue weighted by Gasteiger charge is 2.36. The van der Waals surface area contributed by atoms with E-state index in [1.54, 1.807) is 7.11 Å². The molecule has 3 N–H and O–H groups in total. The van der Waals surface area contributed by atoms with Crippen LogP contribution in [0.15, 0.2) is 54.6 Å². The van der Waals surface area contributed by atoms with Crippen LogP contribution in [0.1, 0.15) is 36.9 Å². The largest absolute Gasteiger partial charge is 0.496 e. The van der Waals surface area contributed by atoms with Crippen LogP contribution in [0, 0.1) is 0 Å². The Balaban J connectivity index is 0.00000280. The van der Waals surface area contributed by atoms with Gasteiger partial charge in [0.2, 0.25) is 5.91 Å². The first kappa shape index (κ1) is 22.2. The lowest BCUT2D eigenvalue weighted by atomic mass is 9.95. The van der Waals surface area contributed by atoms with E-state index in [4.69, 9.17) is 10.5 Å². The van der Waals surface area contributed by atoms with Crippen LogP contribution in [0.25, 0.3) is 0 Å². The highest BCUT2D eigenvalue weighted by atomic mass is 35.5. The van der Waals surface area contributed by atoms with Gasteiger partial charge in [-0.2, -0.15) is 0 Å². The predicted molar refractivity (Wildman–Crippen MR) is 115 cm³/mol. The Bertz CT molecular complexity index is 771. The van der Waals surface area contributed by atoms with Crippen molar-refractivity contribution in [3.63, 3.8) is 0 Å². The summed E-state index contributed by atoms with van der Waals surface area (Å²) in [4.78, 5) is 15.0. The van der Waals surface area contributed by atoms with E-state index in [2.05, 4.69) is 22.3 Å². The molecule has 0 radical (unpaired) electrons. The molecule has 1 aliphatic heterocycles.